The highest BCUT2D eigenvalue weighted by atomic mass is 16.2. The Morgan fingerprint density at radius 1 is 1.00 bits per heavy atom. The van der Waals surface area contributed by atoms with Crippen LogP contribution in [0.5, 0.6) is 0 Å². The van der Waals surface area contributed by atoms with Gasteiger partial charge in [0.2, 0.25) is 0 Å². The van der Waals surface area contributed by atoms with E-state index in [1.165, 1.54) is 5.56 Å². The zero-order valence-electron chi connectivity index (χ0n) is 13.9. The highest BCUT2D eigenvalue weighted by molar-refractivity contribution is 5.96. The van der Waals surface area contributed by atoms with Crippen LogP contribution in [0.25, 0.3) is 0 Å². The highest BCUT2D eigenvalue weighted by Gasteiger charge is 2.24. The first-order valence-corrected chi connectivity index (χ1v) is 8.32. The molecule has 0 spiro atoms. The molecule has 0 saturated carbocycles. The van der Waals surface area contributed by atoms with Gasteiger partial charge in [-0.3, -0.25) is 4.79 Å². The number of anilines is 1. The van der Waals surface area contributed by atoms with Crippen molar-refractivity contribution in [3.8, 4) is 0 Å². The smallest absolute Gasteiger partial charge is 0.254 e. The summed E-state index contributed by atoms with van der Waals surface area (Å²) in [4.78, 5) is 14.7. The maximum Gasteiger partial charge on any atom is 0.254 e. The minimum absolute atomic E-state index is 0.171. The standard InChI is InChI=1S/C20H24N2O/c1-15-7-6-10-19(16(15)2)20(23)22-13-11-18(12-14-22)21-17-8-4-3-5-9-17/h3-10,18,21H,11-14H2,1-2H3. The van der Waals surface area contributed by atoms with Crippen molar-refractivity contribution in [1.29, 1.82) is 0 Å². The Balaban J connectivity index is 1.60. The molecule has 2 aromatic rings. The van der Waals surface area contributed by atoms with Crippen LogP contribution < -0.4 is 5.32 Å². The van der Waals surface area contributed by atoms with Crippen molar-refractivity contribution in [3.63, 3.8) is 0 Å². The van der Waals surface area contributed by atoms with Crippen LogP contribution in [0.15, 0.2) is 48.5 Å². The van der Waals surface area contributed by atoms with Gasteiger partial charge in [0.25, 0.3) is 5.91 Å². The lowest BCUT2D eigenvalue weighted by atomic mass is 10.00. The molecule has 1 aliphatic rings. The number of hydrogen-bond donors (Lipinski definition) is 1. The van der Waals surface area contributed by atoms with Gasteiger partial charge in [0.15, 0.2) is 0 Å². The molecule has 0 radical (unpaired) electrons. The Labute approximate surface area is 138 Å². The minimum atomic E-state index is 0.171. The number of nitrogens with one attached hydrogen (secondary N) is 1. The maximum atomic E-state index is 12.7. The van der Waals surface area contributed by atoms with Crippen LogP contribution in [0.3, 0.4) is 0 Å². The summed E-state index contributed by atoms with van der Waals surface area (Å²) in [5.74, 6) is 0.171. The molecule has 1 saturated heterocycles. The first-order valence-electron chi connectivity index (χ1n) is 8.32. The molecule has 3 nitrogen and oxygen atoms in total. The number of likely N-dealkylation sites (tertiary alicyclic amines) is 1. The van der Waals surface area contributed by atoms with Crippen LogP contribution >= 0.6 is 0 Å². The molecule has 120 valence electrons. The largest absolute Gasteiger partial charge is 0.382 e. The second kappa shape index (κ2) is 6.86. The molecule has 0 unspecified atom stereocenters. The van der Waals surface area contributed by atoms with Crippen molar-refractivity contribution in [2.45, 2.75) is 32.7 Å². The first kappa shape index (κ1) is 15.6. The summed E-state index contributed by atoms with van der Waals surface area (Å²) in [6.07, 6.45) is 1.98. The number of piperidine rings is 1. The minimum Gasteiger partial charge on any atom is -0.382 e. The molecule has 0 bridgehead atoms. The third kappa shape index (κ3) is 3.55. The van der Waals surface area contributed by atoms with Crippen LogP contribution in [0, 0.1) is 13.8 Å². The predicted octanol–water partition coefficient (Wildman–Crippen LogP) is 4.02. The molecule has 1 amide bonds. The van der Waals surface area contributed by atoms with Gasteiger partial charge in [-0.05, 0) is 56.0 Å². The maximum absolute atomic E-state index is 12.7. The third-order valence-electron chi connectivity index (χ3n) is 4.76. The zero-order valence-corrected chi connectivity index (χ0v) is 13.9. The zero-order chi connectivity index (χ0) is 16.2. The molecule has 0 aliphatic carbocycles. The molecule has 0 aromatic heterocycles. The predicted molar refractivity (Wildman–Crippen MR) is 94.9 cm³/mol. The number of amides is 1. The fraction of sp³-hybridized carbons (Fsp3) is 0.350. The number of benzene rings is 2. The summed E-state index contributed by atoms with van der Waals surface area (Å²) < 4.78 is 0. The Hall–Kier alpha value is -2.29. The molecule has 23 heavy (non-hydrogen) atoms. The van der Waals surface area contributed by atoms with Crippen molar-refractivity contribution in [2.75, 3.05) is 18.4 Å². The molecule has 0 atom stereocenters. The summed E-state index contributed by atoms with van der Waals surface area (Å²) in [5, 5.41) is 3.56. The van der Waals surface area contributed by atoms with Gasteiger partial charge in [-0.2, -0.15) is 0 Å². The van der Waals surface area contributed by atoms with Crippen molar-refractivity contribution < 1.29 is 4.79 Å². The van der Waals surface area contributed by atoms with Crippen LogP contribution in [-0.4, -0.2) is 29.9 Å². The van der Waals surface area contributed by atoms with E-state index in [-0.39, 0.29) is 5.91 Å². The molecule has 2 aromatic carbocycles. The first-order chi connectivity index (χ1) is 11.1. The average molecular weight is 308 g/mol. The Bertz CT molecular complexity index is 673. The van der Waals surface area contributed by atoms with E-state index in [0.29, 0.717) is 6.04 Å². The van der Waals surface area contributed by atoms with E-state index in [4.69, 9.17) is 0 Å². The van der Waals surface area contributed by atoms with E-state index in [1.807, 2.05) is 42.2 Å². The molecular formula is C20H24N2O. The van der Waals surface area contributed by atoms with Gasteiger partial charge in [0.1, 0.15) is 0 Å². The van der Waals surface area contributed by atoms with Crippen molar-refractivity contribution in [3.05, 3.63) is 65.2 Å². The van der Waals surface area contributed by atoms with Crippen LogP contribution in [-0.2, 0) is 0 Å². The van der Waals surface area contributed by atoms with E-state index in [9.17, 15) is 4.79 Å². The van der Waals surface area contributed by atoms with E-state index < -0.39 is 0 Å². The molecule has 1 heterocycles. The van der Waals surface area contributed by atoms with E-state index in [2.05, 4.69) is 30.4 Å². The SMILES string of the molecule is Cc1cccc(C(=O)N2CCC(Nc3ccccc3)CC2)c1C. The summed E-state index contributed by atoms with van der Waals surface area (Å²) in [5.41, 5.74) is 4.28. The van der Waals surface area contributed by atoms with Crippen LogP contribution in [0.1, 0.15) is 34.3 Å². The van der Waals surface area contributed by atoms with Gasteiger partial charge < -0.3 is 10.2 Å². The normalized spacial score (nSPS) is 15.5. The van der Waals surface area contributed by atoms with E-state index >= 15 is 0 Å². The Kier molecular flexibility index (Phi) is 4.65. The van der Waals surface area contributed by atoms with E-state index in [0.717, 1.165) is 42.7 Å². The highest BCUT2D eigenvalue weighted by Crippen LogP contribution is 2.20. The average Bonchev–Trinajstić information content (AvgIpc) is 2.58. The molecule has 1 N–H and O–H groups in total. The van der Waals surface area contributed by atoms with Crippen LogP contribution in [0.4, 0.5) is 5.69 Å². The van der Waals surface area contributed by atoms with Gasteiger partial charge in [-0.1, -0.05) is 30.3 Å². The summed E-state index contributed by atoms with van der Waals surface area (Å²) >= 11 is 0. The topological polar surface area (TPSA) is 32.3 Å². The molecular weight excluding hydrogens is 284 g/mol. The second-order valence-corrected chi connectivity index (χ2v) is 6.32. The Morgan fingerprint density at radius 2 is 1.70 bits per heavy atom. The lowest BCUT2D eigenvalue weighted by Gasteiger charge is -2.33. The van der Waals surface area contributed by atoms with Gasteiger partial charge >= 0.3 is 0 Å². The number of nitrogens with zero attached hydrogens (tertiary/aromatic N) is 1. The van der Waals surface area contributed by atoms with Gasteiger partial charge in [-0.15, -0.1) is 0 Å². The molecule has 3 heteroatoms. The number of aryl methyl sites for hydroxylation is 1. The number of carbonyl (C=O) groups excluding carboxylic acids is 1. The molecule has 3 rings (SSSR count). The van der Waals surface area contributed by atoms with Crippen molar-refractivity contribution >= 4 is 11.6 Å². The lowest BCUT2D eigenvalue weighted by molar-refractivity contribution is 0.0717. The molecule has 1 fully saturated rings. The fourth-order valence-electron chi connectivity index (χ4n) is 3.15. The van der Waals surface area contributed by atoms with Crippen molar-refractivity contribution in [1.82, 2.24) is 4.90 Å². The van der Waals surface area contributed by atoms with Crippen LogP contribution in [0.2, 0.25) is 0 Å². The number of para-hydroxylation sites is 1. The quantitative estimate of drug-likeness (QED) is 0.929. The van der Waals surface area contributed by atoms with E-state index in [1.54, 1.807) is 0 Å². The lowest BCUT2D eigenvalue weighted by Crippen LogP contribution is -2.42. The number of rotatable bonds is 3. The third-order valence-corrected chi connectivity index (χ3v) is 4.76. The summed E-state index contributed by atoms with van der Waals surface area (Å²) in [6.45, 7) is 5.72. The van der Waals surface area contributed by atoms with Gasteiger partial charge in [0.05, 0.1) is 0 Å². The summed E-state index contributed by atoms with van der Waals surface area (Å²) in [6, 6.07) is 16.7. The number of hydrogen-bond acceptors (Lipinski definition) is 2. The Morgan fingerprint density at radius 3 is 2.39 bits per heavy atom. The van der Waals surface area contributed by atoms with Gasteiger partial charge in [-0.25, -0.2) is 0 Å². The summed E-state index contributed by atoms with van der Waals surface area (Å²) in [7, 11) is 0. The van der Waals surface area contributed by atoms with Gasteiger partial charge in [0, 0.05) is 30.4 Å². The molecule has 1 aliphatic heterocycles. The second-order valence-electron chi connectivity index (χ2n) is 6.32. The van der Waals surface area contributed by atoms with Crippen molar-refractivity contribution in [2.24, 2.45) is 0 Å². The monoisotopic (exact) mass is 308 g/mol. The number of carbonyl (C=O) groups is 1. The fourth-order valence-corrected chi connectivity index (χ4v) is 3.15.